The summed E-state index contributed by atoms with van der Waals surface area (Å²) in [7, 11) is 1.98. The monoisotopic (exact) mass is 308 g/mol. The van der Waals surface area contributed by atoms with Gasteiger partial charge >= 0.3 is 0 Å². The van der Waals surface area contributed by atoms with E-state index in [0.717, 1.165) is 23.9 Å². The molecular weight excluding hydrogens is 296 g/mol. The third-order valence-corrected chi connectivity index (χ3v) is 4.61. The Kier molecular flexibility index (Phi) is 3.03. The molecule has 88 valence electrons. The van der Waals surface area contributed by atoms with Crippen LogP contribution >= 0.6 is 27.3 Å². The first-order chi connectivity index (χ1) is 8.28. The molecule has 17 heavy (non-hydrogen) atoms. The molecule has 0 fully saturated rings. The molecule has 0 bridgehead atoms. The number of nitrogens with zero attached hydrogens (tertiary/aromatic N) is 1. The molecule has 0 saturated heterocycles. The second-order valence-electron chi connectivity index (χ2n) is 4.21. The van der Waals surface area contributed by atoms with Gasteiger partial charge in [-0.05, 0) is 24.7 Å². The van der Waals surface area contributed by atoms with E-state index in [1.54, 1.807) is 0 Å². The van der Waals surface area contributed by atoms with E-state index in [1.807, 2.05) is 18.4 Å². The SMILES string of the molecule is CNCCc1nc2c(s1)Cc1cc(Br)ccc1-2. The second kappa shape index (κ2) is 4.52. The van der Waals surface area contributed by atoms with Crippen LogP contribution in [0.5, 0.6) is 0 Å². The van der Waals surface area contributed by atoms with Crippen molar-refractivity contribution in [3.05, 3.63) is 38.1 Å². The quantitative estimate of drug-likeness (QED) is 0.803. The van der Waals surface area contributed by atoms with Crippen molar-refractivity contribution in [2.75, 3.05) is 13.6 Å². The number of aromatic nitrogens is 1. The van der Waals surface area contributed by atoms with Crippen LogP contribution in [0.15, 0.2) is 22.7 Å². The van der Waals surface area contributed by atoms with Crippen LogP contribution in [0.2, 0.25) is 0 Å². The zero-order valence-electron chi connectivity index (χ0n) is 9.59. The normalized spacial score (nSPS) is 12.6. The Labute approximate surface area is 113 Å². The molecule has 1 aliphatic rings. The largest absolute Gasteiger partial charge is 0.319 e. The summed E-state index contributed by atoms with van der Waals surface area (Å²) in [6.07, 6.45) is 2.07. The Bertz CT molecular complexity index is 563. The van der Waals surface area contributed by atoms with Crippen molar-refractivity contribution < 1.29 is 0 Å². The van der Waals surface area contributed by atoms with E-state index >= 15 is 0 Å². The van der Waals surface area contributed by atoms with Crippen LogP contribution in [0.3, 0.4) is 0 Å². The minimum Gasteiger partial charge on any atom is -0.319 e. The van der Waals surface area contributed by atoms with Gasteiger partial charge in [0.2, 0.25) is 0 Å². The summed E-state index contributed by atoms with van der Waals surface area (Å²) in [4.78, 5) is 6.18. The molecule has 2 aromatic rings. The Morgan fingerprint density at radius 1 is 1.47 bits per heavy atom. The molecular formula is C13H13BrN2S. The molecule has 0 spiro atoms. The van der Waals surface area contributed by atoms with Gasteiger partial charge < -0.3 is 5.32 Å². The molecule has 1 N–H and O–H groups in total. The van der Waals surface area contributed by atoms with Crippen molar-refractivity contribution >= 4 is 27.3 Å². The summed E-state index contributed by atoms with van der Waals surface area (Å²) >= 11 is 5.38. The van der Waals surface area contributed by atoms with Crippen molar-refractivity contribution in [1.82, 2.24) is 10.3 Å². The molecule has 0 atom stereocenters. The maximum atomic E-state index is 4.76. The van der Waals surface area contributed by atoms with Crippen molar-refractivity contribution in [2.45, 2.75) is 12.8 Å². The highest BCUT2D eigenvalue weighted by Crippen LogP contribution is 2.40. The number of fused-ring (bicyclic) bond motifs is 3. The Hall–Kier alpha value is -0.710. The first-order valence-corrected chi connectivity index (χ1v) is 7.31. The van der Waals surface area contributed by atoms with Gasteiger partial charge in [0.05, 0.1) is 10.7 Å². The lowest BCUT2D eigenvalue weighted by Crippen LogP contribution is -2.09. The van der Waals surface area contributed by atoms with E-state index in [-0.39, 0.29) is 0 Å². The van der Waals surface area contributed by atoms with E-state index in [0.29, 0.717) is 0 Å². The molecule has 2 nitrogen and oxygen atoms in total. The van der Waals surface area contributed by atoms with E-state index in [4.69, 9.17) is 4.98 Å². The van der Waals surface area contributed by atoms with Gasteiger partial charge in [-0.25, -0.2) is 4.98 Å². The number of thiazole rings is 1. The van der Waals surface area contributed by atoms with Crippen molar-refractivity contribution in [1.29, 1.82) is 0 Å². The number of halogens is 1. The number of hydrogen-bond donors (Lipinski definition) is 1. The van der Waals surface area contributed by atoms with E-state index < -0.39 is 0 Å². The minimum absolute atomic E-state index is 1.000. The van der Waals surface area contributed by atoms with Gasteiger partial charge in [-0.15, -0.1) is 11.3 Å². The fourth-order valence-corrected chi connectivity index (χ4v) is 3.70. The standard InChI is InChI=1S/C13H13BrN2S/c1-15-5-4-12-16-13-10-3-2-9(14)6-8(10)7-11(13)17-12/h2-3,6,15H,4-5,7H2,1H3. The van der Waals surface area contributed by atoms with Crippen LogP contribution in [0.25, 0.3) is 11.3 Å². The average molecular weight is 309 g/mol. The van der Waals surface area contributed by atoms with Gasteiger partial charge in [0.15, 0.2) is 0 Å². The lowest BCUT2D eigenvalue weighted by molar-refractivity contribution is 0.788. The molecule has 0 saturated carbocycles. The number of hydrogen-bond acceptors (Lipinski definition) is 3. The maximum Gasteiger partial charge on any atom is 0.0948 e. The third kappa shape index (κ3) is 2.05. The Balaban J connectivity index is 1.95. The van der Waals surface area contributed by atoms with Gasteiger partial charge in [0.1, 0.15) is 0 Å². The highest BCUT2D eigenvalue weighted by Gasteiger charge is 2.22. The smallest absolute Gasteiger partial charge is 0.0948 e. The summed E-state index contributed by atoms with van der Waals surface area (Å²) in [5.41, 5.74) is 3.92. The molecule has 1 aromatic carbocycles. The number of nitrogens with one attached hydrogen (secondary N) is 1. The molecule has 0 unspecified atom stereocenters. The fraction of sp³-hybridized carbons (Fsp3) is 0.308. The Morgan fingerprint density at radius 2 is 2.35 bits per heavy atom. The van der Waals surface area contributed by atoms with Gasteiger partial charge in [-0.1, -0.05) is 22.0 Å². The summed E-state index contributed by atoms with van der Waals surface area (Å²) in [5, 5.41) is 4.42. The zero-order chi connectivity index (χ0) is 11.8. The summed E-state index contributed by atoms with van der Waals surface area (Å²) in [6.45, 7) is 1.000. The van der Waals surface area contributed by atoms with Crippen molar-refractivity contribution in [3.63, 3.8) is 0 Å². The number of rotatable bonds is 3. The van der Waals surface area contributed by atoms with E-state index in [9.17, 15) is 0 Å². The molecule has 3 rings (SSSR count). The summed E-state index contributed by atoms with van der Waals surface area (Å²) < 4.78 is 1.15. The zero-order valence-corrected chi connectivity index (χ0v) is 12.0. The molecule has 0 amide bonds. The molecule has 4 heteroatoms. The van der Waals surface area contributed by atoms with Crippen molar-refractivity contribution in [3.8, 4) is 11.3 Å². The van der Waals surface area contributed by atoms with Crippen LogP contribution < -0.4 is 5.32 Å². The number of benzene rings is 1. The minimum atomic E-state index is 1.000. The van der Waals surface area contributed by atoms with E-state index in [2.05, 4.69) is 39.4 Å². The maximum absolute atomic E-state index is 4.76. The van der Waals surface area contributed by atoms with Gasteiger partial charge in [-0.2, -0.15) is 0 Å². The first kappa shape index (κ1) is 11.4. The van der Waals surface area contributed by atoms with Crippen LogP contribution in [0.4, 0.5) is 0 Å². The second-order valence-corrected chi connectivity index (χ2v) is 6.30. The molecule has 0 aliphatic heterocycles. The summed E-state index contributed by atoms with van der Waals surface area (Å²) in [6, 6.07) is 6.48. The predicted molar refractivity (Wildman–Crippen MR) is 75.7 cm³/mol. The lowest BCUT2D eigenvalue weighted by atomic mass is 10.1. The topological polar surface area (TPSA) is 24.9 Å². The first-order valence-electron chi connectivity index (χ1n) is 5.70. The lowest BCUT2D eigenvalue weighted by Gasteiger charge is -2.00. The molecule has 1 heterocycles. The van der Waals surface area contributed by atoms with Crippen LogP contribution in [0, 0.1) is 0 Å². The van der Waals surface area contributed by atoms with Gasteiger partial charge in [0, 0.05) is 34.3 Å². The highest BCUT2D eigenvalue weighted by molar-refractivity contribution is 9.10. The van der Waals surface area contributed by atoms with Crippen LogP contribution in [0.1, 0.15) is 15.4 Å². The highest BCUT2D eigenvalue weighted by atomic mass is 79.9. The summed E-state index contributed by atoms with van der Waals surface area (Å²) in [5.74, 6) is 0. The Morgan fingerprint density at radius 3 is 3.18 bits per heavy atom. The fourth-order valence-electron chi connectivity index (χ4n) is 2.18. The van der Waals surface area contributed by atoms with Gasteiger partial charge in [0.25, 0.3) is 0 Å². The van der Waals surface area contributed by atoms with Crippen molar-refractivity contribution in [2.24, 2.45) is 0 Å². The van der Waals surface area contributed by atoms with Crippen LogP contribution in [-0.4, -0.2) is 18.6 Å². The van der Waals surface area contributed by atoms with Crippen LogP contribution in [-0.2, 0) is 12.8 Å². The number of likely N-dealkylation sites (N-methyl/N-ethyl adjacent to an activating group) is 1. The van der Waals surface area contributed by atoms with Gasteiger partial charge in [-0.3, -0.25) is 0 Å². The average Bonchev–Trinajstić information content (AvgIpc) is 2.82. The molecule has 1 aromatic heterocycles. The third-order valence-electron chi connectivity index (χ3n) is 3.00. The van der Waals surface area contributed by atoms with E-state index in [1.165, 1.54) is 26.7 Å². The molecule has 0 radical (unpaired) electrons. The predicted octanol–water partition coefficient (Wildman–Crippen LogP) is 3.24. The molecule has 1 aliphatic carbocycles.